The Morgan fingerprint density at radius 1 is 1.35 bits per heavy atom. The second kappa shape index (κ2) is 5.32. The van der Waals surface area contributed by atoms with E-state index in [9.17, 15) is 14.4 Å². The Bertz CT molecular complexity index is 583. The molecule has 1 aliphatic heterocycles. The first-order valence-electron chi connectivity index (χ1n) is 6.41. The van der Waals surface area contributed by atoms with Gasteiger partial charge in [0.1, 0.15) is 6.04 Å². The normalized spacial score (nSPS) is 14.6. The van der Waals surface area contributed by atoms with E-state index in [0.717, 1.165) is 12.0 Å². The Morgan fingerprint density at radius 2 is 2.05 bits per heavy atom. The molecule has 6 heteroatoms. The van der Waals surface area contributed by atoms with Gasteiger partial charge >= 0.3 is 0 Å². The van der Waals surface area contributed by atoms with Gasteiger partial charge in [0.15, 0.2) is 0 Å². The third-order valence-electron chi connectivity index (χ3n) is 3.32. The zero-order chi connectivity index (χ0) is 14.9. The minimum atomic E-state index is -0.601. The molecule has 0 radical (unpaired) electrons. The largest absolute Gasteiger partial charge is 0.366 e. The topological polar surface area (TPSA) is 92.5 Å². The first-order valence-corrected chi connectivity index (χ1v) is 6.41. The van der Waals surface area contributed by atoms with Gasteiger partial charge in [-0.15, -0.1) is 0 Å². The SMILES string of the molecule is CC(=O)N[C@@H](C)C(=O)N1CCc2ccc(C(N)=O)cc21. The van der Waals surface area contributed by atoms with E-state index in [1.807, 2.05) is 6.07 Å². The number of carbonyl (C=O) groups is 3. The van der Waals surface area contributed by atoms with Crippen LogP contribution in [-0.2, 0) is 16.0 Å². The van der Waals surface area contributed by atoms with Gasteiger partial charge in [0.2, 0.25) is 17.7 Å². The van der Waals surface area contributed by atoms with Gasteiger partial charge in [0, 0.05) is 24.7 Å². The zero-order valence-electron chi connectivity index (χ0n) is 11.5. The zero-order valence-corrected chi connectivity index (χ0v) is 11.5. The van der Waals surface area contributed by atoms with E-state index in [1.54, 1.807) is 24.0 Å². The summed E-state index contributed by atoms with van der Waals surface area (Å²) in [5.41, 5.74) is 7.32. The monoisotopic (exact) mass is 275 g/mol. The maximum Gasteiger partial charge on any atom is 0.249 e. The van der Waals surface area contributed by atoms with Crippen LogP contribution >= 0.6 is 0 Å². The summed E-state index contributed by atoms with van der Waals surface area (Å²) in [6.45, 7) is 3.55. The van der Waals surface area contributed by atoms with Crippen molar-refractivity contribution in [1.29, 1.82) is 0 Å². The van der Waals surface area contributed by atoms with Gasteiger partial charge < -0.3 is 16.0 Å². The Labute approximate surface area is 116 Å². The van der Waals surface area contributed by atoms with E-state index in [1.165, 1.54) is 6.92 Å². The van der Waals surface area contributed by atoms with Crippen molar-refractivity contribution in [1.82, 2.24) is 5.32 Å². The summed E-state index contributed by atoms with van der Waals surface area (Å²) in [5, 5.41) is 2.57. The molecule has 0 fully saturated rings. The number of amides is 3. The highest BCUT2D eigenvalue weighted by atomic mass is 16.2. The van der Waals surface area contributed by atoms with E-state index in [-0.39, 0.29) is 11.8 Å². The Kier molecular flexibility index (Phi) is 3.74. The van der Waals surface area contributed by atoms with Crippen LogP contribution in [0.25, 0.3) is 0 Å². The molecule has 106 valence electrons. The van der Waals surface area contributed by atoms with Crippen LogP contribution in [0.1, 0.15) is 29.8 Å². The standard InChI is InChI=1S/C14H17N3O3/c1-8(16-9(2)18)14(20)17-6-5-10-3-4-11(13(15)19)7-12(10)17/h3-4,7-8H,5-6H2,1-2H3,(H2,15,19)(H,16,18)/t8-/m0/s1. The van der Waals surface area contributed by atoms with E-state index in [0.29, 0.717) is 17.8 Å². The highest BCUT2D eigenvalue weighted by molar-refractivity contribution is 6.02. The number of rotatable bonds is 3. The number of nitrogens with two attached hydrogens (primary N) is 1. The summed E-state index contributed by atoms with van der Waals surface area (Å²) in [7, 11) is 0. The second-order valence-electron chi connectivity index (χ2n) is 4.87. The van der Waals surface area contributed by atoms with Crippen molar-refractivity contribution in [3.63, 3.8) is 0 Å². The number of hydrogen-bond donors (Lipinski definition) is 2. The lowest BCUT2D eigenvalue weighted by Crippen LogP contribution is -2.46. The van der Waals surface area contributed by atoms with Crippen molar-refractivity contribution in [3.8, 4) is 0 Å². The second-order valence-corrected chi connectivity index (χ2v) is 4.87. The molecule has 1 aromatic rings. The number of fused-ring (bicyclic) bond motifs is 1. The van der Waals surface area contributed by atoms with Crippen LogP contribution in [-0.4, -0.2) is 30.3 Å². The highest BCUT2D eigenvalue weighted by Gasteiger charge is 2.28. The predicted octanol–water partition coefficient (Wildman–Crippen LogP) is 0.199. The fourth-order valence-corrected chi connectivity index (χ4v) is 2.36. The fourth-order valence-electron chi connectivity index (χ4n) is 2.36. The molecule has 2 rings (SSSR count). The molecule has 0 saturated heterocycles. The van der Waals surface area contributed by atoms with Crippen molar-refractivity contribution in [2.45, 2.75) is 26.3 Å². The van der Waals surface area contributed by atoms with Crippen molar-refractivity contribution in [2.24, 2.45) is 5.73 Å². The average Bonchev–Trinajstić information content (AvgIpc) is 2.79. The molecule has 3 amide bonds. The van der Waals surface area contributed by atoms with E-state index < -0.39 is 11.9 Å². The minimum Gasteiger partial charge on any atom is -0.366 e. The molecule has 1 aromatic carbocycles. The molecule has 0 saturated carbocycles. The van der Waals surface area contributed by atoms with Crippen molar-refractivity contribution < 1.29 is 14.4 Å². The first-order chi connectivity index (χ1) is 9.40. The summed E-state index contributed by atoms with van der Waals surface area (Å²) in [6.07, 6.45) is 0.729. The molecule has 0 spiro atoms. The van der Waals surface area contributed by atoms with Gasteiger partial charge in [-0.3, -0.25) is 14.4 Å². The number of nitrogens with one attached hydrogen (secondary N) is 1. The van der Waals surface area contributed by atoms with Crippen LogP contribution in [0.2, 0.25) is 0 Å². The number of anilines is 1. The van der Waals surface area contributed by atoms with Gasteiger partial charge in [0.05, 0.1) is 0 Å². The molecule has 3 N–H and O–H groups in total. The maximum absolute atomic E-state index is 12.3. The van der Waals surface area contributed by atoms with Gasteiger partial charge in [-0.25, -0.2) is 0 Å². The summed E-state index contributed by atoms with van der Waals surface area (Å²) in [5.74, 6) is -0.973. The molecular weight excluding hydrogens is 258 g/mol. The molecule has 0 bridgehead atoms. The Hall–Kier alpha value is -2.37. The number of nitrogens with zero attached hydrogens (tertiary/aromatic N) is 1. The third kappa shape index (κ3) is 2.64. The van der Waals surface area contributed by atoms with Crippen LogP contribution in [0, 0.1) is 0 Å². The van der Waals surface area contributed by atoms with Gasteiger partial charge in [-0.05, 0) is 31.0 Å². The molecule has 20 heavy (non-hydrogen) atoms. The molecular formula is C14H17N3O3. The molecule has 0 aromatic heterocycles. The summed E-state index contributed by atoms with van der Waals surface area (Å²) >= 11 is 0. The summed E-state index contributed by atoms with van der Waals surface area (Å²) < 4.78 is 0. The molecule has 0 unspecified atom stereocenters. The number of benzene rings is 1. The van der Waals surface area contributed by atoms with Crippen LogP contribution in [0.4, 0.5) is 5.69 Å². The molecule has 1 aliphatic rings. The average molecular weight is 275 g/mol. The lowest BCUT2D eigenvalue weighted by molar-refractivity contribution is -0.126. The predicted molar refractivity (Wildman–Crippen MR) is 74.3 cm³/mol. The number of carbonyl (C=O) groups excluding carboxylic acids is 3. The molecule has 6 nitrogen and oxygen atoms in total. The smallest absolute Gasteiger partial charge is 0.249 e. The first kappa shape index (κ1) is 14.0. The fraction of sp³-hybridized carbons (Fsp3) is 0.357. The number of primary amides is 1. The van der Waals surface area contributed by atoms with E-state index >= 15 is 0 Å². The lowest BCUT2D eigenvalue weighted by Gasteiger charge is -2.22. The lowest BCUT2D eigenvalue weighted by atomic mass is 10.1. The van der Waals surface area contributed by atoms with Crippen LogP contribution in [0.3, 0.4) is 0 Å². The molecule has 0 aliphatic carbocycles. The van der Waals surface area contributed by atoms with Crippen molar-refractivity contribution in [2.75, 3.05) is 11.4 Å². The van der Waals surface area contributed by atoms with Crippen LogP contribution < -0.4 is 16.0 Å². The van der Waals surface area contributed by atoms with Crippen molar-refractivity contribution in [3.05, 3.63) is 29.3 Å². The van der Waals surface area contributed by atoms with Crippen LogP contribution in [0.5, 0.6) is 0 Å². The Morgan fingerprint density at radius 3 is 2.65 bits per heavy atom. The maximum atomic E-state index is 12.3. The summed E-state index contributed by atoms with van der Waals surface area (Å²) in [4.78, 5) is 36.1. The van der Waals surface area contributed by atoms with Crippen LogP contribution in [0.15, 0.2) is 18.2 Å². The van der Waals surface area contributed by atoms with E-state index in [4.69, 9.17) is 5.73 Å². The van der Waals surface area contributed by atoms with Gasteiger partial charge in [-0.1, -0.05) is 6.07 Å². The van der Waals surface area contributed by atoms with Gasteiger partial charge in [0.25, 0.3) is 0 Å². The quantitative estimate of drug-likeness (QED) is 0.825. The third-order valence-corrected chi connectivity index (χ3v) is 3.32. The Balaban J connectivity index is 2.26. The summed E-state index contributed by atoms with van der Waals surface area (Å²) in [6, 6.07) is 4.50. The van der Waals surface area contributed by atoms with Gasteiger partial charge in [-0.2, -0.15) is 0 Å². The highest BCUT2D eigenvalue weighted by Crippen LogP contribution is 2.29. The molecule has 1 atom stereocenters. The van der Waals surface area contributed by atoms with Crippen molar-refractivity contribution >= 4 is 23.4 Å². The minimum absolute atomic E-state index is 0.194. The number of hydrogen-bond acceptors (Lipinski definition) is 3. The molecule has 1 heterocycles. The van der Waals surface area contributed by atoms with E-state index in [2.05, 4.69) is 5.32 Å².